The smallest absolute Gasteiger partial charge is 0.408 e. The quantitative estimate of drug-likeness (QED) is 0.827. The molecule has 4 nitrogen and oxygen atoms in total. The third kappa shape index (κ3) is 1.76. The minimum Gasteiger partial charge on any atom is -0.408 e. The van der Waals surface area contributed by atoms with Crippen LogP contribution in [0.1, 0.15) is 25.7 Å². The van der Waals surface area contributed by atoms with Gasteiger partial charge < -0.3 is 9.73 Å². The Kier molecular flexibility index (Phi) is 1.37. The molecule has 1 atom stereocenters. The van der Waals surface area contributed by atoms with E-state index in [0.717, 1.165) is 9.88 Å². The fourth-order valence-electron chi connectivity index (χ4n) is 1.95. The molecule has 0 amide bonds. The molecule has 0 aliphatic carbocycles. The third-order valence-electron chi connectivity index (χ3n) is 2.73. The summed E-state index contributed by atoms with van der Waals surface area (Å²) in [5.41, 5.74) is -0.590. The summed E-state index contributed by atoms with van der Waals surface area (Å²) in [7, 11) is 0. The summed E-state index contributed by atoms with van der Waals surface area (Å²) in [5, 5.41) is 0.782. The zero-order valence-electron chi connectivity index (χ0n) is 14.8. The third-order valence-corrected chi connectivity index (χ3v) is 2.73. The SMILES string of the molecule is [2H]c1c(F)c([2H])c2oc(=O)n(C3CCN([2H])C([2H])([2H])C3)c2c1[2H]. The number of fused-ring (bicyclic) bond motifs is 1. The van der Waals surface area contributed by atoms with Gasteiger partial charge in [0.25, 0.3) is 0 Å². The summed E-state index contributed by atoms with van der Waals surface area (Å²) in [6, 6.07) is -2.85. The monoisotopic (exact) mass is 242 g/mol. The average Bonchev–Trinajstić information content (AvgIpc) is 2.83. The fourth-order valence-corrected chi connectivity index (χ4v) is 1.95. The molecule has 1 saturated heterocycles. The second kappa shape index (κ2) is 4.00. The zero-order valence-corrected chi connectivity index (χ0v) is 8.79. The van der Waals surface area contributed by atoms with E-state index in [1.807, 2.05) is 0 Å². The lowest BCUT2D eigenvalue weighted by atomic mass is 10.1. The molecular formula is C12H13FN2O2. The predicted molar refractivity (Wildman–Crippen MR) is 61.6 cm³/mol. The van der Waals surface area contributed by atoms with Crippen molar-refractivity contribution in [3.05, 3.63) is 34.5 Å². The standard InChI is InChI=1S/C12H13FN2O2/c13-8-1-2-10-11(7-8)17-12(16)15(10)9-3-5-14-6-4-9/h1-2,7,9,14H,3-6H2/i1D,2D,5D2,7D/hD. The molecule has 2 heterocycles. The van der Waals surface area contributed by atoms with Crippen molar-refractivity contribution in [1.29, 1.82) is 0 Å². The van der Waals surface area contributed by atoms with Crippen LogP contribution in [0.3, 0.4) is 0 Å². The summed E-state index contributed by atoms with van der Waals surface area (Å²) in [5.74, 6) is -2.16. The first-order chi connectivity index (χ1) is 10.6. The van der Waals surface area contributed by atoms with Crippen molar-refractivity contribution < 1.29 is 17.1 Å². The summed E-state index contributed by atoms with van der Waals surface area (Å²) >= 11 is 0. The number of hydrogen-bond donors (Lipinski definition) is 1. The lowest BCUT2D eigenvalue weighted by Crippen LogP contribution is -2.32. The lowest BCUT2D eigenvalue weighted by Gasteiger charge is -2.23. The molecule has 5 heteroatoms. The highest BCUT2D eigenvalue weighted by molar-refractivity contribution is 5.72. The van der Waals surface area contributed by atoms with E-state index in [-0.39, 0.29) is 24.9 Å². The van der Waals surface area contributed by atoms with Crippen LogP contribution in [0.15, 0.2) is 27.3 Å². The van der Waals surface area contributed by atoms with Crippen LogP contribution in [0.5, 0.6) is 0 Å². The Morgan fingerprint density at radius 2 is 2.53 bits per heavy atom. The van der Waals surface area contributed by atoms with Gasteiger partial charge >= 0.3 is 5.76 Å². The number of rotatable bonds is 1. The number of halogens is 1. The Morgan fingerprint density at radius 1 is 1.65 bits per heavy atom. The van der Waals surface area contributed by atoms with Crippen LogP contribution in [0.2, 0.25) is 1.41 Å². The Morgan fingerprint density at radius 3 is 3.35 bits per heavy atom. The van der Waals surface area contributed by atoms with E-state index in [4.69, 9.17) is 12.7 Å². The molecule has 1 fully saturated rings. The molecule has 2 aromatic rings. The fraction of sp³-hybridized carbons (Fsp3) is 0.417. The topological polar surface area (TPSA) is 47.2 Å². The van der Waals surface area contributed by atoms with E-state index in [0.29, 0.717) is 0 Å². The van der Waals surface area contributed by atoms with Crippen molar-refractivity contribution in [2.45, 2.75) is 18.9 Å². The molecule has 17 heavy (non-hydrogen) atoms. The largest absolute Gasteiger partial charge is 0.420 e. The van der Waals surface area contributed by atoms with Gasteiger partial charge in [-0.25, -0.2) is 9.18 Å². The van der Waals surface area contributed by atoms with Gasteiger partial charge in [0.1, 0.15) is 7.23 Å². The first-order valence-corrected chi connectivity index (χ1v) is 5.22. The number of oxazole rings is 1. The molecular weight excluding hydrogens is 223 g/mol. The van der Waals surface area contributed by atoms with E-state index in [2.05, 4.69) is 0 Å². The van der Waals surface area contributed by atoms with E-state index in [1.54, 1.807) is 0 Å². The maximum Gasteiger partial charge on any atom is 0.420 e. The molecule has 90 valence electrons. The van der Waals surface area contributed by atoms with E-state index >= 15 is 0 Å². The molecule has 1 aliphatic rings. The molecule has 1 aromatic heterocycles. The van der Waals surface area contributed by atoms with Gasteiger partial charge in [-0.1, -0.05) is 0 Å². The van der Waals surface area contributed by atoms with Crippen LogP contribution in [0.4, 0.5) is 4.39 Å². The predicted octanol–water partition coefficient (Wildman–Crippen LogP) is 1.66. The van der Waals surface area contributed by atoms with Gasteiger partial charge in [0, 0.05) is 14.8 Å². The minimum absolute atomic E-state index is 0.0623. The van der Waals surface area contributed by atoms with Crippen LogP contribution in [-0.4, -0.2) is 17.6 Å². The number of aromatic nitrogens is 1. The van der Waals surface area contributed by atoms with Gasteiger partial charge in [-0.05, 0) is 38.0 Å². The van der Waals surface area contributed by atoms with Gasteiger partial charge in [-0.15, -0.1) is 0 Å². The maximum atomic E-state index is 13.7. The normalized spacial score (nSPS) is 30.1. The Bertz CT molecular complexity index is 848. The highest BCUT2D eigenvalue weighted by Gasteiger charge is 2.20. The van der Waals surface area contributed by atoms with Crippen LogP contribution in [-0.2, 0) is 0 Å². The van der Waals surface area contributed by atoms with Gasteiger partial charge in [0.05, 0.1) is 9.63 Å². The zero-order chi connectivity index (χ0) is 17.1. The van der Waals surface area contributed by atoms with Crippen LogP contribution in [0.25, 0.3) is 11.1 Å². The highest BCUT2D eigenvalue weighted by atomic mass is 19.1. The van der Waals surface area contributed by atoms with E-state index < -0.39 is 47.8 Å². The first-order valence-electron chi connectivity index (χ1n) is 8.16. The summed E-state index contributed by atoms with van der Waals surface area (Å²) in [4.78, 5) is 12.1. The van der Waals surface area contributed by atoms with Crippen LogP contribution < -0.4 is 11.1 Å². The van der Waals surface area contributed by atoms with Crippen molar-refractivity contribution in [2.24, 2.45) is 0 Å². The number of benzene rings is 1. The van der Waals surface area contributed by atoms with Gasteiger partial charge in [-0.3, -0.25) is 4.57 Å². The summed E-state index contributed by atoms with van der Waals surface area (Å²) in [6.07, 6.45) is 0.0670. The Balaban J connectivity index is 2.23. The summed E-state index contributed by atoms with van der Waals surface area (Å²) in [6.45, 7) is -1.91. The van der Waals surface area contributed by atoms with E-state index in [1.165, 1.54) is 0 Å². The van der Waals surface area contributed by atoms with Crippen LogP contribution >= 0.6 is 0 Å². The molecule has 1 N–H and O–H groups in total. The number of hydrogen-bond acceptors (Lipinski definition) is 3. The van der Waals surface area contributed by atoms with Crippen molar-refractivity contribution in [2.75, 3.05) is 13.0 Å². The van der Waals surface area contributed by atoms with E-state index in [9.17, 15) is 9.18 Å². The lowest BCUT2D eigenvalue weighted by molar-refractivity contribution is 0.349. The summed E-state index contributed by atoms with van der Waals surface area (Å²) < 4.78 is 65.8. The van der Waals surface area contributed by atoms with Crippen molar-refractivity contribution in [1.82, 2.24) is 9.88 Å². The Labute approximate surface area is 106 Å². The molecule has 0 radical (unpaired) electrons. The Hall–Kier alpha value is -1.62. The number of nitrogens with one attached hydrogen (secondary N) is 1. The second-order valence-electron chi connectivity index (χ2n) is 3.79. The second-order valence-corrected chi connectivity index (χ2v) is 3.79. The van der Waals surface area contributed by atoms with Gasteiger partial charge in [0.2, 0.25) is 0 Å². The molecule has 1 aliphatic heterocycles. The number of piperidine rings is 1. The van der Waals surface area contributed by atoms with Gasteiger partial charge in [-0.2, -0.15) is 0 Å². The molecule has 0 bridgehead atoms. The van der Waals surface area contributed by atoms with Crippen molar-refractivity contribution >= 4 is 11.1 Å². The molecule has 0 spiro atoms. The van der Waals surface area contributed by atoms with Crippen LogP contribution in [0, 0.1) is 5.82 Å². The molecule has 0 saturated carbocycles. The maximum absolute atomic E-state index is 13.7. The molecule has 3 rings (SSSR count). The number of nitrogens with zero attached hydrogens (tertiary/aromatic N) is 1. The van der Waals surface area contributed by atoms with Crippen molar-refractivity contribution in [3.8, 4) is 0 Å². The highest BCUT2D eigenvalue weighted by Crippen LogP contribution is 2.23. The minimum atomic E-state index is -1.97. The average molecular weight is 242 g/mol. The van der Waals surface area contributed by atoms with Gasteiger partial charge in [0.15, 0.2) is 5.58 Å². The van der Waals surface area contributed by atoms with Crippen molar-refractivity contribution in [3.63, 3.8) is 0 Å². The molecule has 1 aromatic carbocycles. The molecule has 1 unspecified atom stereocenters. The first kappa shape index (κ1) is 5.82.